The molecule has 5 heterocycles. The predicted octanol–water partition coefficient (Wildman–Crippen LogP) is 11.7. The molecule has 1 atom stereocenters. The van der Waals surface area contributed by atoms with E-state index in [9.17, 15) is 0 Å². The number of benzene rings is 6. The van der Waals surface area contributed by atoms with Crippen molar-refractivity contribution in [1.82, 2.24) is 4.57 Å². The summed E-state index contributed by atoms with van der Waals surface area (Å²) in [5.74, 6) is 0.507. The number of pyridine rings is 1. The van der Waals surface area contributed by atoms with Crippen molar-refractivity contribution in [3.05, 3.63) is 168 Å². The Labute approximate surface area is 336 Å². The number of hydrogen-bond donors (Lipinski definition) is 0. The molecule has 0 bridgehead atoms. The normalized spacial score (nSPS) is 17.2. The maximum atomic E-state index is 8.91. The van der Waals surface area contributed by atoms with Gasteiger partial charge in [0.05, 0.1) is 12.4 Å². The summed E-state index contributed by atoms with van der Waals surface area (Å²) in [6.07, 6.45) is 1.97. The Kier molecular flexibility index (Phi) is 5.62. The molecule has 11 rings (SSSR count). The molecule has 3 aliphatic rings. The highest BCUT2D eigenvalue weighted by Crippen LogP contribution is 2.54. The minimum absolute atomic E-state index is 0.0232. The molecule has 0 amide bonds. The van der Waals surface area contributed by atoms with Gasteiger partial charge >= 0.3 is 11.7 Å². The largest absolute Gasteiger partial charge is 0.499 e. The molecule has 3 aliphatic heterocycles. The van der Waals surface area contributed by atoms with Crippen LogP contribution in [0.1, 0.15) is 70.7 Å². The summed E-state index contributed by atoms with van der Waals surface area (Å²) in [5.41, 5.74) is 15.5. The van der Waals surface area contributed by atoms with Gasteiger partial charge in [0.1, 0.15) is 22.6 Å². The lowest BCUT2D eigenvalue weighted by Crippen LogP contribution is -2.78. The minimum atomic E-state index is -1.21. The average Bonchev–Trinajstić information content (AvgIpc) is 3.73. The highest BCUT2D eigenvalue weighted by atomic mass is 16.5. The van der Waals surface area contributed by atoms with Crippen molar-refractivity contribution in [2.45, 2.75) is 65.1 Å². The van der Waals surface area contributed by atoms with Crippen LogP contribution in [0.3, 0.4) is 0 Å². The van der Waals surface area contributed by atoms with Crippen molar-refractivity contribution in [2.24, 2.45) is 0 Å². The fourth-order valence-electron chi connectivity index (χ4n) is 9.23. The highest BCUT2D eigenvalue weighted by Gasteiger charge is 2.68. The van der Waals surface area contributed by atoms with E-state index in [1.165, 1.54) is 11.1 Å². The maximum absolute atomic E-state index is 8.91. The Bertz CT molecular complexity index is 3230. The van der Waals surface area contributed by atoms with Crippen molar-refractivity contribution in [1.29, 1.82) is 0 Å². The molecule has 56 heavy (non-hydrogen) atoms. The molecule has 4 nitrogen and oxygen atoms in total. The summed E-state index contributed by atoms with van der Waals surface area (Å²) >= 11 is 0. The van der Waals surface area contributed by atoms with Gasteiger partial charge in [-0.25, -0.2) is 0 Å². The first kappa shape index (κ1) is 28.2. The summed E-state index contributed by atoms with van der Waals surface area (Å²) in [5, 5.41) is 0. The molecule has 1 spiro atoms. The third kappa shape index (κ3) is 4.41. The number of aromatic nitrogens is 3. The lowest BCUT2D eigenvalue weighted by molar-refractivity contribution is -0.997. The molecule has 2 aromatic heterocycles. The monoisotopic (exact) mass is 732 g/mol. The van der Waals surface area contributed by atoms with Crippen molar-refractivity contribution < 1.29 is 20.7 Å². The number of aryl methyl sites for hydroxylation is 1. The van der Waals surface area contributed by atoms with E-state index in [2.05, 4.69) is 153 Å². The van der Waals surface area contributed by atoms with E-state index in [1.807, 2.05) is 24.4 Å². The molecule has 272 valence electrons. The first-order valence-corrected chi connectivity index (χ1v) is 19.4. The highest BCUT2D eigenvalue weighted by molar-refractivity contribution is 5.98. The van der Waals surface area contributed by atoms with Crippen molar-refractivity contribution in [3.8, 4) is 67.5 Å². The van der Waals surface area contributed by atoms with E-state index in [-0.39, 0.29) is 40.6 Å². The van der Waals surface area contributed by atoms with Gasteiger partial charge in [-0.2, -0.15) is 4.57 Å². The molecule has 0 saturated heterocycles. The number of nitrogens with zero attached hydrogens (tertiary/aromatic N) is 3. The van der Waals surface area contributed by atoms with Gasteiger partial charge in [-0.1, -0.05) is 126 Å². The Morgan fingerprint density at radius 3 is 2.12 bits per heavy atom. The van der Waals surface area contributed by atoms with E-state index in [0.29, 0.717) is 5.56 Å². The Hall–Kier alpha value is -6.26. The van der Waals surface area contributed by atoms with Gasteiger partial charge in [-0.15, -0.1) is 9.13 Å². The summed E-state index contributed by atoms with van der Waals surface area (Å²) < 4.78 is 57.7. The SMILES string of the molecule is [2H]c1c([2H])c([2H])c(-c2cc[n+]3c(c2)-c2cc(C(C)(C)C)cc4c2C32Oc3ccccc3-c3n(-c5ccc(C)cc5-c5ccc(C(C)(C)C)cc5)c5cccc-4c5[n+]32)c([2H])c1[2H]. The zero-order valence-corrected chi connectivity index (χ0v) is 32.7. The van der Waals surface area contributed by atoms with E-state index in [4.69, 9.17) is 11.6 Å². The molecule has 1 unspecified atom stereocenters. The molecule has 0 fully saturated rings. The van der Waals surface area contributed by atoms with Gasteiger partial charge in [-0.3, -0.25) is 0 Å². The number of rotatable bonds is 3. The number of hydrogen-bond acceptors (Lipinski definition) is 1. The Morgan fingerprint density at radius 2 is 1.36 bits per heavy atom. The molecule has 6 aromatic carbocycles. The fourth-order valence-corrected chi connectivity index (χ4v) is 9.23. The van der Waals surface area contributed by atoms with E-state index >= 15 is 0 Å². The van der Waals surface area contributed by atoms with Crippen molar-refractivity contribution >= 4 is 11.0 Å². The number of ether oxygens (including phenoxy) is 1. The molecule has 0 saturated carbocycles. The van der Waals surface area contributed by atoms with Gasteiger partial charge in [0, 0.05) is 28.8 Å². The first-order chi connectivity index (χ1) is 29.0. The van der Waals surface area contributed by atoms with Gasteiger partial charge < -0.3 is 4.74 Å². The molecule has 8 aromatic rings. The molecule has 0 aliphatic carbocycles. The van der Waals surface area contributed by atoms with Crippen LogP contribution in [-0.2, 0) is 16.7 Å². The second-order valence-electron chi connectivity index (χ2n) is 17.6. The zero-order valence-electron chi connectivity index (χ0n) is 37.7. The van der Waals surface area contributed by atoms with Crippen LogP contribution in [0.5, 0.6) is 5.75 Å². The lowest BCUT2D eigenvalue weighted by atomic mass is 9.80. The molecule has 0 N–H and O–H groups in total. The van der Waals surface area contributed by atoms with Crippen LogP contribution in [-0.4, -0.2) is 4.57 Å². The third-order valence-corrected chi connectivity index (χ3v) is 12.0. The van der Waals surface area contributed by atoms with Crippen LogP contribution < -0.4 is 13.9 Å². The summed E-state index contributed by atoms with van der Waals surface area (Å²) in [6.45, 7) is 15.6. The molecule has 0 radical (unpaired) electrons. The smallest absolute Gasteiger partial charge is 0.392 e. The van der Waals surface area contributed by atoms with Crippen LogP contribution in [0.4, 0.5) is 0 Å². The van der Waals surface area contributed by atoms with Crippen LogP contribution in [0, 0.1) is 6.92 Å². The Morgan fingerprint density at radius 1 is 0.625 bits per heavy atom. The summed E-state index contributed by atoms with van der Waals surface area (Å²) in [6, 6.07) is 37.4. The minimum Gasteiger partial charge on any atom is -0.392 e. The average molecular weight is 733 g/mol. The number of imidazole rings is 1. The van der Waals surface area contributed by atoms with E-state index in [1.54, 1.807) is 0 Å². The van der Waals surface area contributed by atoms with Crippen molar-refractivity contribution in [2.75, 3.05) is 0 Å². The summed E-state index contributed by atoms with van der Waals surface area (Å²) in [4.78, 5) is 0. The molecular weight excluding hydrogens is 683 g/mol. The van der Waals surface area contributed by atoms with Crippen molar-refractivity contribution in [3.63, 3.8) is 0 Å². The van der Waals surface area contributed by atoms with Crippen LogP contribution >= 0.6 is 0 Å². The number of fused-ring (bicyclic) bond motifs is 5. The topological polar surface area (TPSA) is 21.9 Å². The summed E-state index contributed by atoms with van der Waals surface area (Å²) in [7, 11) is 0. The standard InChI is InChI=1S/C52H45N3O/c1-32-20-25-43(40(28-32)34-21-23-36(24-22-34)50(2,3)4)54-44-18-13-17-38-41-30-37(51(5,6)7)31-42-45-29-35(33-14-9-8-10-15-33)26-27-53(45)52(47(41)42)55(48(38)44)49(54)39-16-11-12-19-46(39)56-52/h8-31H,1-7H3/q+2/i8D,9D,10D,14D,15D. The van der Waals surface area contributed by atoms with Gasteiger partial charge in [0.15, 0.2) is 17.2 Å². The number of para-hydroxylation sites is 2. The van der Waals surface area contributed by atoms with E-state index in [0.717, 1.165) is 78.5 Å². The first-order valence-electron chi connectivity index (χ1n) is 21.9. The quantitative estimate of drug-likeness (QED) is 0.166. The lowest BCUT2D eigenvalue weighted by Gasteiger charge is -2.32. The van der Waals surface area contributed by atoms with Crippen LogP contribution in [0.25, 0.3) is 72.7 Å². The van der Waals surface area contributed by atoms with Gasteiger partial charge in [0.2, 0.25) is 5.69 Å². The molecular formula is C52H45N3O+2. The fraction of sp³-hybridized carbons (Fsp3) is 0.192. The van der Waals surface area contributed by atoms with Crippen LogP contribution in [0.15, 0.2) is 146 Å². The second kappa shape index (κ2) is 11.2. The van der Waals surface area contributed by atoms with E-state index < -0.39 is 11.9 Å². The third-order valence-electron chi connectivity index (χ3n) is 12.0. The zero-order chi connectivity index (χ0) is 42.7. The van der Waals surface area contributed by atoms with Gasteiger partial charge in [-0.05, 0) is 94.1 Å². The molecule has 4 heteroatoms. The van der Waals surface area contributed by atoms with Gasteiger partial charge in [0.25, 0.3) is 0 Å². The predicted molar refractivity (Wildman–Crippen MR) is 226 cm³/mol. The maximum Gasteiger partial charge on any atom is 0.499 e. The second-order valence-corrected chi connectivity index (χ2v) is 17.6. The van der Waals surface area contributed by atoms with Crippen LogP contribution in [0.2, 0.25) is 0 Å². The Balaban J connectivity index is 1.28.